The lowest BCUT2D eigenvalue weighted by Crippen LogP contribution is -2.30. The molecule has 19 heteroatoms. The van der Waals surface area contributed by atoms with Gasteiger partial charge in [0.25, 0.3) is 0 Å². The predicted octanol–water partition coefficient (Wildman–Crippen LogP) is 21.3. The molecule has 0 spiro atoms. The summed E-state index contributed by atoms with van der Waals surface area (Å²) in [7, 11) is -9.90. The average Bonchev–Trinajstić information content (AvgIpc) is 3.12. The number of hydrogen-bond acceptors (Lipinski definition) is 15. The number of esters is 4. The number of unbranched alkanes of at least 4 members (excludes halogenated alkanes) is 44. The summed E-state index contributed by atoms with van der Waals surface area (Å²) in [6.07, 6.45) is 54.3. The SMILES string of the molecule is CCCCCCCCCCCCCCCCCCCCCCCC(=O)O[C@H](COC(=O)CCCCCCCCCCCCC(C)CC)COP(=O)(O)OC[C@@H](O)COP(=O)(O)OC[C@@H](COC(=O)CCCCCCCCCC)OC(=O)CCCCCCCCCCC. The van der Waals surface area contributed by atoms with Gasteiger partial charge >= 0.3 is 39.5 Å². The van der Waals surface area contributed by atoms with Crippen molar-refractivity contribution in [1.29, 1.82) is 0 Å². The van der Waals surface area contributed by atoms with Crippen molar-refractivity contribution in [3.05, 3.63) is 0 Å². The van der Waals surface area contributed by atoms with E-state index in [0.717, 1.165) is 102 Å². The van der Waals surface area contributed by atoms with Gasteiger partial charge in [-0.3, -0.25) is 37.3 Å². The van der Waals surface area contributed by atoms with Crippen molar-refractivity contribution < 1.29 is 80.2 Å². The van der Waals surface area contributed by atoms with Crippen LogP contribution >= 0.6 is 15.6 Å². The second kappa shape index (κ2) is 66.3. The molecule has 0 aromatic heterocycles. The Bertz CT molecular complexity index is 1770. The highest BCUT2D eigenvalue weighted by Gasteiger charge is 2.30. The average molecular weight is 1350 g/mol. The molecule has 0 aliphatic carbocycles. The highest BCUT2D eigenvalue weighted by Crippen LogP contribution is 2.45. The third-order valence-electron chi connectivity index (χ3n) is 17.4. The first-order valence-electron chi connectivity index (χ1n) is 38.2. The molecule has 0 bridgehead atoms. The monoisotopic (exact) mass is 1350 g/mol. The van der Waals surface area contributed by atoms with E-state index in [0.29, 0.717) is 25.7 Å². The van der Waals surface area contributed by atoms with Gasteiger partial charge in [-0.2, -0.15) is 0 Å². The van der Waals surface area contributed by atoms with E-state index in [-0.39, 0.29) is 25.7 Å². The Hall–Kier alpha value is -1.94. The van der Waals surface area contributed by atoms with Gasteiger partial charge in [-0.1, -0.05) is 330 Å². The van der Waals surface area contributed by atoms with Crippen LogP contribution in [0.4, 0.5) is 0 Å². The number of carbonyl (C=O) groups is 4. The number of phosphoric ester groups is 2. The molecule has 546 valence electrons. The highest BCUT2D eigenvalue weighted by atomic mass is 31.2. The minimum atomic E-state index is -4.95. The van der Waals surface area contributed by atoms with E-state index in [1.165, 1.54) is 199 Å². The molecule has 0 saturated carbocycles. The number of aliphatic hydroxyl groups excluding tert-OH is 1. The van der Waals surface area contributed by atoms with Crippen LogP contribution in [0.3, 0.4) is 0 Å². The fraction of sp³-hybridized carbons (Fsp3) is 0.945. The van der Waals surface area contributed by atoms with Gasteiger partial charge in [-0.15, -0.1) is 0 Å². The molecule has 0 amide bonds. The predicted molar refractivity (Wildman–Crippen MR) is 372 cm³/mol. The zero-order chi connectivity index (χ0) is 67.7. The number of rotatable bonds is 73. The number of hydrogen-bond donors (Lipinski definition) is 3. The van der Waals surface area contributed by atoms with Gasteiger partial charge < -0.3 is 33.8 Å². The Morgan fingerprint density at radius 2 is 0.522 bits per heavy atom. The van der Waals surface area contributed by atoms with Crippen LogP contribution in [-0.4, -0.2) is 96.7 Å². The molecule has 3 N–H and O–H groups in total. The maximum atomic E-state index is 13.1. The van der Waals surface area contributed by atoms with Gasteiger partial charge in [0.05, 0.1) is 26.4 Å². The molecular weight excluding hydrogens is 1210 g/mol. The second-order valence-corrected chi connectivity index (χ2v) is 29.5. The molecule has 0 fully saturated rings. The lowest BCUT2D eigenvalue weighted by Gasteiger charge is -2.21. The van der Waals surface area contributed by atoms with Crippen LogP contribution in [0.1, 0.15) is 381 Å². The van der Waals surface area contributed by atoms with E-state index >= 15 is 0 Å². The Morgan fingerprint density at radius 3 is 0.772 bits per heavy atom. The molecule has 6 atom stereocenters. The minimum absolute atomic E-state index is 0.106. The fourth-order valence-corrected chi connectivity index (χ4v) is 12.7. The summed E-state index contributed by atoms with van der Waals surface area (Å²) in [5.41, 5.74) is 0. The molecular formula is C73H142O17P2. The van der Waals surface area contributed by atoms with Crippen LogP contribution < -0.4 is 0 Å². The largest absolute Gasteiger partial charge is 0.472 e. The van der Waals surface area contributed by atoms with Gasteiger partial charge in [0.2, 0.25) is 0 Å². The Balaban J connectivity index is 5.16. The molecule has 0 radical (unpaired) electrons. The molecule has 92 heavy (non-hydrogen) atoms. The summed E-state index contributed by atoms with van der Waals surface area (Å²) in [5, 5.41) is 10.6. The van der Waals surface area contributed by atoms with Crippen molar-refractivity contribution in [2.24, 2.45) is 5.92 Å². The summed E-state index contributed by atoms with van der Waals surface area (Å²) in [6, 6.07) is 0. The first-order valence-corrected chi connectivity index (χ1v) is 41.2. The Kier molecular flexibility index (Phi) is 64.9. The maximum absolute atomic E-state index is 13.1. The highest BCUT2D eigenvalue weighted by molar-refractivity contribution is 7.47. The van der Waals surface area contributed by atoms with Gasteiger partial charge in [-0.05, 0) is 31.6 Å². The number of aliphatic hydroxyl groups is 1. The first-order chi connectivity index (χ1) is 44.6. The van der Waals surface area contributed by atoms with Crippen LogP contribution in [0.25, 0.3) is 0 Å². The molecule has 3 unspecified atom stereocenters. The van der Waals surface area contributed by atoms with E-state index in [1.54, 1.807) is 0 Å². The normalized spacial score (nSPS) is 14.3. The summed E-state index contributed by atoms with van der Waals surface area (Å²) in [5.74, 6) is -1.31. The minimum Gasteiger partial charge on any atom is -0.462 e. The Labute approximate surface area is 562 Å². The molecule has 0 aromatic carbocycles. The lowest BCUT2D eigenvalue weighted by atomic mass is 9.99. The van der Waals surface area contributed by atoms with Crippen molar-refractivity contribution in [1.82, 2.24) is 0 Å². The maximum Gasteiger partial charge on any atom is 0.472 e. The third kappa shape index (κ3) is 65.4. The standard InChI is InChI=1S/C73H142O17P2/c1-6-10-13-16-19-22-23-24-25-26-27-28-29-30-31-32-33-39-44-49-54-59-73(78)90-69(63-84-71(76)57-52-47-42-38-35-34-37-40-45-50-55-66(5)9-4)65-88-92(81,82)86-61-67(74)60-85-91(79,80)87-64-68(62-83-70(75)56-51-46-41-21-18-15-12-8-3)89-72(77)58-53-48-43-36-20-17-14-11-7-2/h66-69,74H,6-65H2,1-5H3,(H,79,80)(H,81,82)/t66?,67-,68+,69+/m0/s1. The van der Waals surface area contributed by atoms with Crippen molar-refractivity contribution in [2.75, 3.05) is 39.6 Å². The van der Waals surface area contributed by atoms with Crippen molar-refractivity contribution in [3.8, 4) is 0 Å². The lowest BCUT2D eigenvalue weighted by molar-refractivity contribution is -0.161. The smallest absolute Gasteiger partial charge is 0.462 e. The summed E-state index contributed by atoms with van der Waals surface area (Å²) < 4.78 is 68.3. The summed E-state index contributed by atoms with van der Waals surface area (Å²) in [6.45, 7) is 7.25. The zero-order valence-corrected chi connectivity index (χ0v) is 61.5. The van der Waals surface area contributed by atoms with Crippen molar-refractivity contribution in [2.45, 2.75) is 400 Å². The first kappa shape index (κ1) is 90.1. The quantitative estimate of drug-likeness (QED) is 0.0222. The van der Waals surface area contributed by atoms with E-state index in [1.807, 2.05) is 0 Å². The molecule has 0 saturated heterocycles. The zero-order valence-electron chi connectivity index (χ0n) is 59.7. The second-order valence-electron chi connectivity index (χ2n) is 26.6. The van der Waals surface area contributed by atoms with E-state index in [4.69, 9.17) is 37.0 Å². The van der Waals surface area contributed by atoms with Gasteiger partial charge in [0.1, 0.15) is 19.3 Å². The van der Waals surface area contributed by atoms with Crippen LogP contribution in [0.2, 0.25) is 0 Å². The summed E-state index contributed by atoms with van der Waals surface area (Å²) in [4.78, 5) is 72.5. The number of ether oxygens (including phenoxy) is 4. The van der Waals surface area contributed by atoms with Crippen LogP contribution in [0.5, 0.6) is 0 Å². The van der Waals surface area contributed by atoms with Gasteiger partial charge in [0, 0.05) is 25.7 Å². The summed E-state index contributed by atoms with van der Waals surface area (Å²) >= 11 is 0. The molecule has 0 aliphatic heterocycles. The fourth-order valence-electron chi connectivity index (χ4n) is 11.1. The van der Waals surface area contributed by atoms with Gasteiger partial charge in [-0.25, -0.2) is 9.13 Å². The van der Waals surface area contributed by atoms with Crippen molar-refractivity contribution >= 4 is 39.5 Å². The molecule has 0 rings (SSSR count). The third-order valence-corrected chi connectivity index (χ3v) is 19.3. The van der Waals surface area contributed by atoms with Crippen LogP contribution in [0, 0.1) is 5.92 Å². The molecule has 0 aliphatic rings. The van der Waals surface area contributed by atoms with Crippen molar-refractivity contribution in [3.63, 3.8) is 0 Å². The van der Waals surface area contributed by atoms with Crippen LogP contribution in [0.15, 0.2) is 0 Å². The van der Waals surface area contributed by atoms with E-state index in [2.05, 4.69) is 34.6 Å². The number of phosphoric acid groups is 2. The van der Waals surface area contributed by atoms with E-state index in [9.17, 15) is 43.2 Å². The Morgan fingerprint density at radius 1 is 0.304 bits per heavy atom. The van der Waals surface area contributed by atoms with Crippen LogP contribution in [-0.2, 0) is 65.4 Å². The molecule has 0 aromatic rings. The van der Waals surface area contributed by atoms with Gasteiger partial charge in [0.15, 0.2) is 12.2 Å². The van der Waals surface area contributed by atoms with E-state index < -0.39 is 97.5 Å². The molecule has 17 nitrogen and oxygen atoms in total. The molecule has 0 heterocycles. The number of carbonyl (C=O) groups excluding carboxylic acids is 4. The topological polar surface area (TPSA) is 237 Å².